The van der Waals surface area contributed by atoms with Gasteiger partial charge in [-0.1, -0.05) is 30.3 Å². The summed E-state index contributed by atoms with van der Waals surface area (Å²) >= 11 is 6.94. The van der Waals surface area contributed by atoms with Crippen LogP contribution in [0, 0.1) is 0 Å². The fourth-order valence-corrected chi connectivity index (χ4v) is 4.61. The molecule has 0 aliphatic carbocycles. The van der Waals surface area contributed by atoms with Gasteiger partial charge >= 0.3 is 0 Å². The molecule has 0 atom stereocenters. The van der Waals surface area contributed by atoms with E-state index in [2.05, 4.69) is 0 Å². The Kier molecular flexibility index (Phi) is 5.21. The molecule has 6 heteroatoms. The van der Waals surface area contributed by atoms with Crippen LogP contribution in [0.4, 0.5) is 0 Å². The zero-order valence-electron chi connectivity index (χ0n) is 11.1. The topological polar surface area (TPSA) is 37.4 Å². The molecule has 0 radical (unpaired) electrons. The van der Waals surface area contributed by atoms with Gasteiger partial charge < -0.3 is 0 Å². The second-order valence-electron chi connectivity index (χ2n) is 4.42. The van der Waals surface area contributed by atoms with E-state index in [0.717, 1.165) is 10.4 Å². The standard InChI is InChI=1S/C14H16ClNO2S2/c1-16(10-9-12-5-3-2-4-6-12)20(17,18)14-8-7-13(11-15)19-14/h2-8H,9-11H2,1H3. The maximum Gasteiger partial charge on any atom is 0.252 e. The van der Waals surface area contributed by atoms with Crippen molar-refractivity contribution in [2.45, 2.75) is 16.5 Å². The molecule has 0 bridgehead atoms. The van der Waals surface area contributed by atoms with Gasteiger partial charge in [-0.15, -0.1) is 22.9 Å². The molecule has 0 fully saturated rings. The molecule has 108 valence electrons. The zero-order valence-corrected chi connectivity index (χ0v) is 13.5. The molecule has 1 heterocycles. The second kappa shape index (κ2) is 6.72. The smallest absolute Gasteiger partial charge is 0.206 e. The molecule has 1 aromatic carbocycles. The molecular weight excluding hydrogens is 314 g/mol. The van der Waals surface area contributed by atoms with E-state index in [9.17, 15) is 8.42 Å². The van der Waals surface area contributed by atoms with Crippen LogP contribution in [0.3, 0.4) is 0 Å². The van der Waals surface area contributed by atoms with Crippen LogP contribution in [0.1, 0.15) is 10.4 Å². The molecule has 0 spiro atoms. The second-order valence-corrected chi connectivity index (χ2v) is 8.12. The molecule has 0 aliphatic rings. The summed E-state index contributed by atoms with van der Waals surface area (Å²) in [5.74, 6) is 0.341. The third-order valence-corrected chi connectivity index (χ3v) is 6.85. The number of benzene rings is 1. The molecule has 2 rings (SSSR count). The van der Waals surface area contributed by atoms with E-state index in [0.29, 0.717) is 23.1 Å². The van der Waals surface area contributed by atoms with Crippen molar-refractivity contribution in [1.29, 1.82) is 0 Å². The van der Waals surface area contributed by atoms with Crippen molar-refractivity contribution in [1.82, 2.24) is 4.31 Å². The number of hydrogen-bond donors (Lipinski definition) is 0. The van der Waals surface area contributed by atoms with Gasteiger partial charge in [0.25, 0.3) is 10.0 Å². The van der Waals surface area contributed by atoms with E-state index in [4.69, 9.17) is 11.6 Å². The first kappa shape index (κ1) is 15.5. The van der Waals surface area contributed by atoms with Crippen molar-refractivity contribution in [3.63, 3.8) is 0 Å². The highest BCUT2D eigenvalue weighted by Crippen LogP contribution is 2.25. The van der Waals surface area contributed by atoms with Crippen molar-refractivity contribution in [2.75, 3.05) is 13.6 Å². The van der Waals surface area contributed by atoms with Gasteiger partial charge in [-0.25, -0.2) is 8.42 Å². The Hall–Kier alpha value is -0.880. The highest BCUT2D eigenvalue weighted by Gasteiger charge is 2.22. The van der Waals surface area contributed by atoms with Gasteiger partial charge in [-0.2, -0.15) is 4.31 Å². The van der Waals surface area contributed by atoms with E-state index in [-0.39, 0.29) is 0 Å². The Labute approximate surface area is 128 Å². The molecule has 0 saturated heterocycles. The first-order valence-electron chi connectivity index (χ1n) is 6.19. The van der Waals surface area contributed by atoms with Crippen molar-refractivity contribution in [3.05, 3.63) is 52.9 Å². The first-order chi connectivity index (χ1) is 9.54. The van der Waals surface area contributed by atoms with E-state index >= 15 is 0 Å². The number of rotatable bonds is 6. The quantitative estimate of drug-likeness (QED) is 0.762. The minimum absolute atomic E-state index is 0.341. The number of nitrogens with zero attached hydrogens (tertiary/aromatic N) is 1. The summed E-state index contributed by atoms with van der Waals surface area (Å²) in [7, 11) is -1.80. The summed E-state index contributed by atoms with van der Waals surface area (Å²) in [6, 6.07) is 13.2. The summed E-state index contributed by atoms with van der Waals surface area (Å²) in [6.07, 6.45) is 0.699. The summed E-state index contributed by atoms with van der Waals surface area (Å²) in [4.78, 5) is 0.863. The lowest BCUT2D eigenvalue weighted by atomic mass is 10.2. The molecule has 0 unspecified atom stereocenters. The Morgan fingerprint density at radius 1 is 1.15 bits per heavy atom. The largest absolute Gasteiger partial charge is 0.252 e. The predicted molar refractivity (Wildman–Crippen MR) is 83.8 cm³/mol. The van der Waals surface area contributed by atoms with Crippen molar-refractivity contribution in [2.24, 2.45) is 0 Å². The van der Waals surface area contributed by atoms with E-state index in [1.165, 1.54) is 15.6 Å². The molecule has 3 nitrogen and oxygen atoms in total. The first-order valence-corrected chi connectivity index (χ1v) is 8.98. The van der Waals surface area contributed by atoms with Crippen LogP contribution >= 0.6 is 22.9 Å². The van der Waals surface area contributed by atoms with Crippen molar-refractivity contribution in [3.8, 4) is 0 Å². The van der Waals surface area contributed by atoms with E-state index < -0.39 is 10.0 Å². The van der Waals surface area contributed by atoms with Crippen molar-refractivity contribution < 1.29 is 8.42 Å². The van der Waals surface area contributed by atoms with Crippen LogP contribution in [-0.4, -0.2) is 26.3 Å². The zero-order chi connectivity index (χ0) is 14.6. The van der Waals surface area contributed by atoms with E-state index in [1.54, 1.807) is 19.2 Å². The number of likely N-dealkylation sites (N-methyl/N-ethyl adjacent to an activating group) is 1. The Morgan fingerprint density at radius 3 is 2.45 bits per heavy atom. The Balaban J connectivity index is 2.05. The maximum atomic E-state index is 12.4. The van der Waals surface area contributed by atoms with Gasteiger partial charge in [0.05, 0.1) is 5.88 Å². The number of thiophene rings is 1. The van der Waals surface area contributed by atoms with E-state index in [1.807, 2.05) is 30.3 Å². The molecule has 2 aromatic rings. The summed E-state index contributed by atoms with van der Waals surface area (Å²) in [5.41, 5.74) is 1.13. The maximum absolute atomic E-state index is 12.4. The monoisotopic (exact) mass is 329 g/mol. The molecule has 20 heavy (non-hydrogen) atoms. The SMILES string of the molecule is CN(CCc1ccccc1)S(=O)(=O)c1ccc(CCl)s1. The van der Waals surface area contributed by atoms with Crippen LogP contribution in [0.2, 0.25) is 0 Å². The molecule has 0 N–H and O–H groups in total. The third kappa shape index (κ3) is 3.61. The summed E-state index contributed by atoms with van der Waals surface area (Å²) in [6.45, 7) is 0.459. The normalized spacial score (nSPS) is 11.9. The third-order valence-electron chi connectivity index (χ3n) is 2.99. The van der Waals surface area contributed by atoms with Gasteiger partial charge in [-0.3, -0.25) is 0 Å². The van der Waals surface area contributed by atoms with Gasteiger partial charge in [-0.05, 0) is 24.1 Å². The fraction of sp³-hybridized carbons (Fsp3) is 0.286. The lowest BCUT2D eigenvalue weighted by Gasteiger charge is -2.15. The van der Waals surface area contributed by atoms with Gasteiger partial charge in [0.2, 0.25) is 0 Å². The van der Waals surface area contributed by atoms with Crippen LogP contribution in [-0.2, 0) is 22.3 Å². The minimum Gasteiger partial charge on any atom is -0.206 e. The van der Waals surface area contributed by atoms with Crippen LogP contribution in [0.15, 0.2) is 46.7 Å². The predicted octanol–water partition coefficient (Wildman–Crippen LogP) is 3.35. The minimum atomic E-state index is -3.41. The van der Waals surface area contributed by atoms with Crippen LogP contribution in [0.25, 0.3) is 0 Å². The van der Waals surface area contributed by atoms with Crippen molar-refractivity contribution >= 4 is 33.0 Å². The lowest BCUT2D eigenvalue weighted by molar-refractivity contribution is 0.474. The summed E-state index contributed by atoms with van der Waals surface area (Å²) in [5, 5.41) is 0. The highest BCUT2D eigenvalue weighted by atomic mass is 35.5. The Morgan fingerprint density at radius 2 is 1.85 bits per heavy atom. The highest BCUT2D eigenvalue weighted by molar-refractivity contribution is 7.91. The number of alkyl halides is 1. The number of halogens is 1. The average Bonchev–Trinajstić information content (AvgIpc) is 2.95. The van der Waals surface area contributed by atoms with Crippen LogP contribution < -0.4 is 0 Å². The molecule has 0 saturated carbocycles. The average molecular weight is 330 g/mol. The van der Waals surface area contributed by atoms with Gasteiger partial charge in [0, 0.05) is 18.5 Å². The number of hydrogen-bond acceptors (Lipinski definition) is 3. The molecule has 1 aromatic heterocycles. The lowest BCUT2D eigenvalue weighted by Crippen LogP contribution is -2.28. The van der Waals surface area contributed by atoms with Gasteiger partial charge in [0.1, 0.15) is 4.21 Å². The summed E-state index contributed by atoms with van der Waals surface area (Å²) < 4.78 is 26.5. The molecule has 0 aliphatic heterocycles. The molecular formula is C14H16ClNO2S2. The Bertz CT molecular complexity index is 653. The molecule has 0 amide bonds. The fourth-order valence-electron chi connectivity index (χ4n) is 1.77. The number of sulfonamides is 1. The van der Waals surface area contributed by atoms with Crippen LogP contribution in [0.5, 0.6) is 0 Å². The van der Waals surface area contributed by atoms with Gasteiger partial charge in [0.15, 0.2) is 0 Å².